The summed E-state index contributed by atoms with van der Waals surface area (Å²) in [5.74, 6) is 0.759. The maximum absolute atomic E-state index is 5.85. The van der Waals surface area contributed by atoms with Crippen LogP contribution in [0.25, 0.3) is 0 Å². The van der Waals surface area contributed by atoms with Crippen molar-refractivity contribution in [1.82, 2.24) is 14.8 Å². The average Bonchev–Trinajstić information content (AvgIpc) is 2.61. The molecule has 0 amide bonds. The zero-order valence-corrected chi connectivity index (χ0v) is 14.1. The van der Waals surface area contributed by atoms with Crippen LogP contribution in [-0.4, -0.2) is 67.3 Å². The van der Waals surface area contributed by atoms with Crippen LogP contribution in [0.15, 0.2) is 18.2 Å². The third-order valence-corrected chi connectivity index (χ3v) is 4.59. The molecule has 0 aromatic carbocycles. The molecule has 23 heavy (non-hydrogen) atoms. The highest BCUT2D eigenvalue weighted by Crippen LogP contribution is 2.12. The Bertz CT molecular complexity index is 457. The zero-order valence-electron chi connectivity index (χ0n) is 14.1. The molecule has 2 fully saturated rings. The fourth-order valence-electron chi connectivity index (χ4n) is 3.26. The highest BCUT2D eigenvalue weighted by Gasteiger charge is 2.12. The SMILES string of the molecule is c1cc(CN2CCOCC2)nc(OCCCN2CCCCC2)c1. The molecule has 5 heteroatoms. The predicted molar refractivity (Wildman–Crippen MR) is 90.7 cm³/mol. The van der Waals surface area contributed by atoms with E-state index in [9.17, 15) is 0 Å². The highest BCUT2D eigenvalue weighted by molar-refractivity contribution is 5.15. The van der Waals surface area contributed by atoms with Crippen molar-refractivity contribution >= 4 is 0 Å². The number of piperidine rings is 1. The number of rotatable bonds is 7. The summed E-state index contributed by atoms with van der Waals surface area (Å²) in [6, 6.07) is 6.09. The van der Waals surface area contributed by atoms with Crippen LogP contribution in [0.5, 0.6) is 5.88 Å². The molecule has 5 nitrogen and oxygen atoms in total. The minimum atomic E-state index is 0.754. The van der Waals surface area contributed by atoms with E-state index in [-0.39, 0.29) is 0 Å². The quantitative estimate of drug-likeness (QED) is 0.720. The normalized spacial score (nSPS) is 20.5. The number of hydrogen-bond acceptors (Lipinski definition) is 5. The summed E-state index contributed by atoms with van der Waals surface area (Å²) < 4.78 is 11.2. The van der Waals surface area contributed by atoms with Crippen molar-refractivity contribution in [2.75, 3.05) is 52.5 Å². The second-order valence-corrected chi connectivity index (χ2v) is 6.46. The summed E-state index contributed by atoms with van der Waals surface area (Å²) in [6.45, 7) is 8.93. The molecular weight excluding hydrogens is 290 g/mol. The molecule has 0 aliphatic carbocycles. The van der Waals surface area contributed by atoms with Gasteiger partial charge in [-0.05, 0) is 38.4 Å². The van der Waals surface area contributed by atoms with Crippen molar-refractivity contribution in [3.05, 3.63) is 23.9 Å². The zero-order chi connectivity index (χ0) is 15.7. The maximum Gasteiger partial charge on any atom is 0.213 e. The van der Waals surface area contributed by atoms with Gasteiger partial charge in [0.15, 0.2) is 0 Å². The third kappa shape index (κ3) is 5.75. The Kier molecular flexibility index (Phi) is 6.68. The molecule has 0 saturated carbocycles. The molecule has 1 aromatic rings. The minimum absolute atomic E-state index is 0.754. The van der Waals surface area contributed by atoms with Gasteiger partial charge in [-0.25, -0.2) is 4.98 Å². The fraction of sp³-hybridized carbons (Fsp3) is 0.722. The fourth-order valence-corrected chi connectivity index (χ4v) is 3.26. The Morgan fingerprint density at radius 1 is 1.00 bits per heavy atom. The van der Waals surface area contributed by atoms with Gasteiger partial charge in [0.2, 0.25) is 5.88 Å². The molecule has 0 atom stereocenters. The van der Waals surface area contributed by atoms with Gasteiger partial charge in [0.25, 0.3) is 0 Å². The van der Waals surface area contributed by atoms with Crippen LogP contribution in [0.1, 0.15) is 31.4 Å². The first-order valence-corrected chi connectivity index (χ1v) is 9.01. The lowest BCUT2D eigenvalue weighted by molar-refractivity contribution is 0.0336. The lowest BCUT2D eigenvalue weighted by Gasteiger charge is -2.26. The highest BCUT2D eigenvalue weighted by atomic mass is 16.5. The van der Waals surface area contributed by atoms with Crippen molar-refractivity contribution in [2.24, 2.45) is 0 Å². The Morgan fingerprint density at radius 2 is 1.83 bits per heavy atom. The van der Waals surface area contributed by atoms with Crippen molar-refractivity contribution < 1.29 is 9.47 Å². The first-order valence-electron chi connectivity index (χ1n) is 9.01. The summed E-state index contributed by atoms with van der Waals surface area (Å²) in [7, 11) is 0. The van der Waals surface area contributed by atoms with Crippen molar-refractivity contribution in [3.63, 3.8) is 0 Å². The molecule has 0 bridgehead atoms. The van der Waals surface area contributed by atoms with E-state index in [0.29, 0.717) is 0 Å². The molecular formula is C18H29N3O2. The minimum Gasteiger partial charge on any atom is -0.478 e. The Labute approximate surface area is 139 Å². The van der Waals surface area contributed by atoms with Crippen LogP contribution in [0.3, 0.4) is 0 Å². The average molecular weight is 319 g/mol. The molecule has 0 N–H and O–H groups in total. The Hall–Kier alpha value is -1.17. The van der Waals surface area contributed by atoms with Gasteiger partial charge in [0.1, 0.15) is 0 Å². The van der Waals surface area contributed by atoms with E-state index in [2.05, 4.69) is 20.9 Å². The summed E-state index contributed by atoms with van der Waals surface area (Å²) in [5, 5.41) is 0. The van der Waals surface area contributed by atoms with Gasteiger partial charge in [-0.15, -0.1) is 0 Å². The number of hydrogen-bond donors (Lipinski definition) is 0. The van der Waals surface area contributed by atoms with E-state index >= 15 is 0 Å². The lowest BCUT2D eigenvalue weighted by Crippen LogP contribution is -2.35. The summed E-state index contributed by atoms with van der Waals surface area (Å²) in [6.07, 6.45) is 5.18. The first-order chi connectivity index (χ1) is 11.4. The van der Waals surface area contributed by atoms with E-state index in [1.54, 1.807) is 0 Å². The lowest BCUT2D eigenvalue weighted by atomic mass is 10.1. The van der Waals surface area contributed by atoms with Crippen molar-refractivity contribution in [2.45, 2.75) is 32.2 Å². The van der Waals surface area contributed by atoms with E-state index in [1.807, 2.05) is 12.1 Å². The molecule has 0 radical (unpaired) electrons. The maximum atomic E-state index is 5.85. The summed E-state index contributed by atoms with van der Waals surface area (Å²) >= 11 is 0. The van der Waals surface area contributed by atoms with E-state index < -0.39 is 0 Å². The van der Waals surface area contributed by atoms with Gasteiger partial charge in [-0.3, -0.25) is 4.90 Å². The standard InChI is InChI=1S/C18H29N3O2/c1-2-8-20(9-3-1)10-5-13-23-18-7-4-6-17(19-18)16-21-11-14-22-15-12-21/h4,6-7H,1-3,5,8-16H2. The Balaban J connectivity index is 1.38. The molecule has 1 aromatic heterocycles. The van der Waals surface area contributed by atoms with E-state index in [0.717, 1.165) is 64.0 Å². The third-order valence-electron chi connectivity index (χ3n) is 4.59. The summed E-state index contributed by atoms with van der Waals surface area (Å²) in [4.78, 5) is 9.56. The summed E-state index contributed by atoms with van der Waals surface area (Å²) in [5.41, 5.74) is 1.08. The largest absolute Gasteiger partial charge is 0.478 e. The number of nitrogens with zero attached hydrogens (tertiary/aromatic N) is 3. The van der Waals surface area contributed by atoms with Gasteiger partial charge in [-0.1, -0.05) is 12.5 Å². The molecule has 3 rings (SSSR count). The van der Waals surface area contributed by atoms with Gasteiger partial charge in [0, 0.05) is 32.2 Å². The van der Waals surface area contributed by atoms with Gasteiger partial charge in [-0.2, -0.15) is 0 Å². The number of morpholine rings is 1. The number of pyridine rings is 1. The monoisotopic (exact) mass is 319 g/mol. The van der Waals surface area contributed by atoms with E-state index in [4.69, 9.17) is 9.47 Å². The molecule has 2 aliphatic heterocycles. The van der Waals surface area contributed by atoms with Crippen molar-refractivity contribution in [3.8, 4) is 5.88 Å². The molecule has 0 unspecified atom stereocenters. The van der Waals surface area contributed by atoms with Crippen LogP contribution in [0.2, 0.25) is 0 Å². The smallest absolute Gasteiger partial charge is 0.213 e. The van der Waals surface area contributed by atoms with Gasteiger partial charge >= 0.3 is 0 Å². The molecule has 3 heterocycles. The number of ether oxygens (including phenoxy) is 2. The molecule has 2 saturated heterocycles. The van der Waals surface area contributed by atoms with Crippen LogP contribution in [0, 0.1) is 0 Å². The second-order valence-electron chi connectivity index (χ2n) is 6.46. The Morgan fingerprint density at radius 3 is 2.65 bits per heavy atom. The van der Waals surface area contributed by atoms with Crippen LogP contribution < -0.4 is 4.74 Å². The number of likely N-dealkylation sites (tertiary alicyclic amines) is 1. The topological polar surface area (TPSA) is 37.8 Å². The van der Waals surface area contributed by atoms with Crippen LogP contribution >= 0.6 is 0 Å². The predicted octanol–water partition coefficient (Wildman–Crippen LogP) is 2.17. The van der Waals surface area contributed by atoms with Gasteiger partial charge in [0.05, 0.1) is 25.5 Å². The van der Waals surface area contributed by atoms with Crippen LogP contribution in [0.4, 0.5) is 0 Å². The first kappa shape index (κ1) is 16.7. The van der Waals surface area contributed by atoms with Crippen LogP contribution in [-0.2, 0) is 11.3 Å². The van der Waals surface area contributed by atoms with Gasteiger partial charge < -0.3 is 14.4 Å². The van der Waals surface area contributed by atoms with Crippen molar-refractivity contribution in [1.29, 1.82) is 0 Å². The molecule has 2 aliphatic rings. The number of aromatic nitrogens is 1. The van der Waals surface area contributed by atoms with E-state index in [1.165, 1.54) is 32.4 Å². The second kappa shape index (κ2) is 9.21. The molecule has 128 valence electrons. The molecule has 0 spiro atoms.